The lowest BCUT2D eigenvalue weighted by Crippen LogP contribution is -2.16. The van der Waals surface area contributed by atoms with Crippen LogP contribution in [0.2, 0.25) is 0 Å². The zero-order chi connectivity index (χ0) is 14.1. The molecule has 3 nitrogen and oxygen atoms in total. The van der Waals surface area contributed by atoms with Crippen molar-refractivity contribution in [2.24, 2.45) is 5.92 Å². The second-order valence-electron chi connectivity index (χ2n) is 5.87. The molecule has 108 valence electrons. The zero-order valence-corrected chi connectivity index (χ0v) is 13.0. The molecule has 2 unspecified atom stereocenters. The Balaban J connectivity index is 2.10. The summed E-state index contributed by atoms with van der Waals surface area (Å²) in [5.74, 6) is 1.56. The fourth-order valence-electron chi connectivity index (χ4n) is 3.42. The molecule has 1 fully saturated rings. The maximum atomic E-state index is 5.58. The third-order valence-electron chi connectivity index (χ3n) is 4.57. The van der Waals surface area contributed by atoms with Crippen molar-refractivity contribution in [1.82, 2.24) is 9.55 Å². The van der Waals surface area contributed by atoms with E-state index >= 15 is 0 Å². The van der Waals surface area contributed by atoms with Gasteiger partial charge in [-0.1, -0.05) is 26.2 Å². The minimum absolute atomic E-state index is 0.521. The van der Waals surface area contributed by atoms with Gasteiger partial charge in [0.25, 0.3) is 0 Å². The van der Waals surface area contributed by atoms with Gasteiger partial charge in [0.15, 0.2) is 4.77 Å². The first-order valence-corrected chi connectivity index (χ1v) is 7.90. The minimum atomic E-state index is 0.521. The molecule has 0 amide bonds. The number of fused-ring (bicyclic) bond motifs is 1. The van der Waals surface area contributed by atoms with Crippen molar-refractivity contribution >= 4 is 23.3 Å². The van der Waals surface area contributed by atoms with Crippen molar-refractivity contribution in [1.29, 1.82) is 0 Å². The highest BCUT2D eigenvalue weighted by Crippen LogP contribution is 2.35. The number of methoxy groups -OCH3 is 1. The van der Waals surface area contributed by atoms with E-state index in [0.29, 0.717) is 12.0 Å². The van der Waals surface area contributed by atoms with E-state index in [1.54, 1.807) is 7.11 Å². The summed E-state index contributed by atoms with van der Waals surface area (Å²) in [4.78, 5) is 3.34. The first-order chi connectivity index (χ1) is 9.70. The SMILES string of the molecule is COc1ccc2c(c1)[nH]c(=S)n2C1CCCCCC1C. The number of nitrogens with one attached hydrogen (secondary N) is 1. The predicted octanol–water partition coefficient (Wildman–Crippen LogP) is 4.85. The van der Waals surface area contributed by atoms with Gasteiger partial charge in [-0.25, -0.2) is 0 Å². The fraction of sp³-hybridized carbons (Fsp3) is 0.562. The van der Waals surface area contributed by atoms with Crippen LogP contribution in [0, 0.1) is 10.7 Å². The molecule has 0 aliphatic heterocycles. The molecule has 1 aromatic carbocycles. The van der Waals surface area contributed by atoms with Gasteiger partial charge in [0.05, 0.1) is 18.1 Å². The van der Waals surface area contributed by atoms with Gasteiger partial charge < -0.3 is 14.3 Å². The number of aromatic nitrogens is 2. The predicted molar refractivity (Wildman–Crippen MR) is 85.0 cm³/mol. The van der Waals surface area contributed by atoms with Crippen LogP contribution in [-0.4, -0.2) is 16.7 Å². The van der Waals surface area contributed by atoms with Crippen LogP contribution in [0.25, 0.3) is 11.0 Å². The molecule has 1 aliphatic rings. The van der Waals surface area contributed by atoms with Gasteiger partial charge in [-0.2, -0.15) is 0 Å². The van der Waals surface area contributed by atoms with Crippen LogP contribution in [0.1, 0.15) is 45.1 Å². The number of nitrogens with zero attached hydrogens (tertiary/aromatic N) is 1. The molecule has 1 N–H and O–H groups in total. The highest BCUT2D eigenvalue weighted by Gasteiger charge is 2.23. The first kappa shape index (κ1) is 13.7. The highest BCUT2D eigenvalue weighted by molar-refractivity contribution is 7.71. The van der Waals surface area contributed by atoms with Crippen LogP contribution < -0.4 is 4.74 Å². The van der Waals surface area contributed by atoms with Crippen molar-refractivity contribution in [2.45, 2.75) is 45.1 Å². The van der Waals surface area contributed by atoms with Crippen molar-refractivity contribution in [3.63, 3.8) is 0 Å². The van der Waals surface area contributed by atoms with Crippen LogP contribution in [0.4, 0.5) is 0 Å². The second-order valence-corrected chi connectivity index (χ2v) is 6.25. The Bertz CT molecular complexity index is 658. The average Bonchev–Trinajstić information content (AvgIpc) is 2.62. The highest BCUT2D eigenvalue weighted by atomic mass is 32.1. The van der Waals surface area contributed by atoms with Gasteiger partial charge in [0, 0.05) is 12.1 Å². The van der Waals surface area contributed by atoms with Gasteiger partial charge in [-0.15, -0.1) is 0 Å². The molecule has 2 aromatic rings. The number of benzene rings is 1. The molecule has 1 aromatic heterocycles. The number of ether oxygens (including phenoxy) is 1. The first-order valence-electron chi connectivity index (χ1n) is 7.49. The average molecular weight is 290 g/mol. The number of hydrogen-bond donors (Lipinski definition) is 1. The zero-order valence-electron chi connectivity index (χ0n) is 12.2. The summed E-state index contributed by atoms with van der Waals surface area (Å²) in [6.45, 7) is 2.36. The van der Waals surface area contributed by atoms with Gasteiger partial charge in [0.2, 0.25) is 0 Å². The molecular formula is C16H22N2OS. The summed E-state index contributed by atoms with van der Waals surface area (Å²) in [5.41, 5.74) is 2.28. The Morgan fingerprint density at radius 1 is 1.25 bits per heavy atom. The molecule has 1 heterocycles. The van der Waals surface area contributed by atoms with E-state index in [1.807, 2.05) is 12.1 Å². The van der Waals surface area contributed by atoms with Crippen molar-refractivity contribution in [3.8, 4) is 5.75 Å². The molecule has 0 spiro atoms. The summed E-state index contributed by atoms with van der Waals surface area (Å²) in [7, 11) is 1.69. The van der Waals surface area contributed by atoms with Gasteiger partial charge in [0.1, 0.15) is 5.75 Å². The van der Waals surface area contributed by atoms with Gasteiger partial charge in [-0.3, -0.25) is 0 Å². The summed E-state index contributed by atoms with van der Waals surface area (Å²) >= 11 is 5.58. The maximum Gasteiger partial charge on any atom is 0.178 e. The monoisotopic (exact) mass is 290 g/mol. The van der Waals surface area contributed by atoms with Crippen molar-refractivity contribution in [2.75, 3.05) is 7.11 Å². The molecule has 3 rings (SSSR count). The molecule has 0 radical (unpaired) electrons. The number of H-pyrrole nitrogens is 1. The van der Waals surface area contributed by atoms with Crippen LogP contribution >= 0.6 is 12.2 Å². The van der Waals surface area contributed by atoms with E-state index in [4.69, 9.17) is 17.0 Å². The van der Waals surface area contributed by atoms with E-state index in [2.05, 4.69) is 22.5 Å². The molecule has 1 aliphatic carbocycles. The van der Waals surface area contributed by atoms with E-state index in [1.165, 1.54) is 37.6 Å². The lowest BCUT2D eigenvalue weighted by Gasteiger charge is -2.23. The molecule has 20 heavy (non-hydrogen) atoms. The Hall–Kier alpha value is -1.29. The quantitative estimate of drug-likeness (QED) is 0.633. The van der Waals surface area contributed by atoms with E-state index in [9.17, 15) is 0 Å². The molecule has 2 atom stereocenters. The van der Waals surface area contributed by atoms with Crippen LogP contribution in [0.3, 0.4) is 0 Å². The maximum absolute atomic E-state index is 5.58. The number of imidazole rings is 1. The summed E-state index contributed by atoms with van der Waals surface area (Å²) in [5, 5.41) is 0. The van der Waals surface area contributed by atoms with E-state index < -0.39 is 0 Å². The second kappa shape index (κ2) is 5.60. The Kier molecular flexibility index (Phi) is 3.83. The Morgan fingerprint density at radius 2 is 2.05 bits per heavy atom. The smallest absolute Gasteiger partial charge is 0.178 e. The fourth-order valence-corrected chi connectivity index (χ4v) is 3.77. The number of rotatable bonds is 2. The van der Waals surface area contributed by atoms with Crippen LogP contribution in [0.5, 0.6) is 5.75 Å². The largest absolute Gasteiger partial charge is 0.497 e. The lowest BCUT2D eigenvalue weighted by atomic mass is 9.96. The van der Waals surface area contributed by atoms with Crippen LogP contribution in [-0.2, 0) is 0 Å². The third-order valence-corrected chi connectivity index (χ3v) is 4.87. The third kappa shape index (κ3) is 2.37. The summed E-state index contributed by atoms with van der Waals surface area (Å²) in [6.07, 6.45) is 6.54. The topological polar surface area (TPSA) is 29.9 Å². The molecular weight excluding hydrogens is 268 g/mol. The Morgan fingerprint density at radius 3 is 2.85 bits per heavy atom. The summed E-state index contributed by atoms with van der Waals surface area (Å²) in [6, 6.07) is 6.69. The van der Waals surface area contributed by atoms with Crippen molar-refractivity contribution in [3.05, 3.63) is 23.0 Å². The number of hydrogen-bond acceptors (Lipinski definition) is 2. The Labute approximate surface area is 125 Å². The minimum Gasteiger partial charge on any atom is -0.497 e. The lowest BCUT2D eigenvalue weighted by molar-refractivity contribution is 0.338. The van der Waals surface area contributed by atoms with Gasteiger partial charge >= 0.3 is 0 Å². The van der Waals surface area contributed by atoms with Crippen LogP contribution in [0.15, 0.2) is 18.2 Å². The molecule has 4 heteroatoms. The number of aromatic amines is 1. The molecule has 0 bridgehead atoms. The molecule has 1 saturated carbocycles. The van der Waals surface area contributed by atoms with E-state index in [0.717, 1.165) is 16.0 Å². The van der Waals surface area contributed by atoms with Gasteiger partial charge in [-0.05, 0) is 43.1 Å². The molecule has 0 saturated heterocycles. The summed E-state index contributed by atoms with van der Waals surface area (Å²) < 4.78 is 8.47. The normalized spacial score (nSPS) is 23.7. The standard InChI is InChI=1S/C16H22N2OS/c1-11-6-4-3-5-7-14(11)18-15-9-8-12(19-2)10-13(15)17-16(18)20/h8-11,14H,3-7H2,1-2H3,(H,17,20). The van der Waals surface area contributed by atoms with E-state index in [-0.39, 0.29) is 0 Å². The van der Waals surface area contributed by atoms with Crippen molar-refractivity contribution < 1.29 is 4.74 Å².